The molecule has 4 aliphatic rings. The SMILES string of the molecule is COC(=O)C1CC(C)C(OC2OC(C)C(O)C(O)C2O)C(OC2OC(CO)C(O)C(O[C@H](C)CC3CCCCC3)C2O)C1. The molecule has 43 heavy (non-hydrogen) atoms. The standard InChI is InChI=1S/C30H52O13/c1-14-10-18(28(37)38-4)12-19(26(14)43-29-24(35)23(34)21(32)16(3)40-29)41-30-25(36)27(22(33)20(13-31)42-30)39-15(2)11-17-8-6-5-7-9-17/h14-27,29-36H,5-13H2,1-4H3/t14?,15-,16?,18?,19?,20?,21?,22?,23?,24?,25?,26?,27?,29?,30?/m1/s1. The van der Waals surface area contributed by atoms with E-state index in [1.807, 2.05) is 13.8 Å². The van der Waals surface area contributed by atoms with E-state index in [2.05, 4.69) is 0 Å². The van der Waals surface area contributed by atoms with Gasteiger partial charge in [0.1, 0.15) is 42.7 Å². The van der Waals surface area contributed by atoms with Gasteiger partial charge in [-0.25, -0.2) is 0 Å². The second kappa shape index (κ2) is 15.5. The van der Waals surface area contributed by atoms with Crippen molar-refractivity contribution in [1.82, 2.24) is 0 Å². The molecular weight excluding hydrogens is 568 g/mol. The van der Waals surface area contributed by atoms with Gasteiger partial charge in [0.15, 0.2) is 12.6 Å². The monoisotopic (exact) mass is 620 g/mol. The molecule has 0 aromatic rings. The Hall–Kier alpha value is -0.970. The third-order valence-corrected chi connectivity index (χ3v) is 9.64. The Morgan fingerprint density at radius 1 is 0.837 bits per heavy atom. The topological polar surface area (TPSA) is 194 Å². The summed E-state index contributed by atoms with van der Waals surface area (Å²) in [5, 5.41) is 63.3. The summed E-state index contributed by atoms with van der Waals surface area (Å²) in [4.78, 5) is 12.6. The Bertz CT molecular complexity index is 871. The molecule has 2 saturated heterocycles. The van der Waals surface area contributed by atoms with Crippen molar-refractivity contribution < 1.29 is 63.9 Å². The number of hydrogen-bond donors (Lipinski definition) is 6. The molecule has 2 aliphatic carbocycles. The lowest BCUT2D eigenvalue weighted by atomic mass is 9.78. The van der Waals surface area contributed by atoms with Gasteiger partial charge in [0.05, 0.1) is 44.1 Å². The van der Waals surface area contributed by atoms with Crippen molar-refractivity contribution in [1.29, 1.82) is 0 Å². The first-order chi connectivity index (χ1) is 20.4. The zero-order chi connectivity index (χ0) is 31.4. The van der Waals surface area contributed by atoms with E-state index in [9.17, 15) is 35.4 Å². The van der Waals surface area contributed by atoms with Gasteiger partial charge in [-0.3, -0.25) is 4.79 Å². The lowest BCUT2D eigenvalue weighted by molar-refractivity contribution is -0.350. The number of hydrogen-bond acceptors (Lipinski definition) is 13. The zero-order valence-electron chi connectivity index (χ0n) is 25.6. The molecule has 4 rings (SSSR count). The predicted molar refractivity (Wildman–Crippen MR) is 149 cm³/mol. The van der Waals surface area contributed by atoms with E-state index >= 15 is 0 Å². The van der Waals surface area contributed by atoms with Crippen LogP contribution in [-0.2, 0) is 33.2 Å². The van der Waals surface area contributed by atoms with Gasteiger partial charge < -0.3 is 59.1 Å². The van der Waals surface area contributed by atoms with Crippen LogP contribution >= 0.6 is 0 Å². The fourth-order valence-corrected chi connectivity index (χ4v) is 7.17. The fourth-order valence-electron chi connectivity index (χ4n) is 7.17. The fraction of sp³-hybridized carbons (Fsp3) is 0.967. The highest BCUT2D eigenvalue weighted by molar-refractivity contribution is 5.72. The lowest BCUT2D eigenvalue weighted by Crippen LogP contribution is -2.63. The highest BCUT2D eigenvalue weighted by atomic mass is 16.7. The highest BCUT2D eigenvalue weighted by Gasteiger charge is 2.51. The molecular formula is C30H52O13. The molecule has 2 saturated carbocycles. The second-order valence-electron chi connectivity index (χ2n) is 13.0. The van der Waals surface area contributed by atoms with Crippen molar-refractivity contribution in [2.24, 2.45) is 17.8 Å². The van der Waals surface area contributed by atoms with Crippen LogP contribution in [-0.4, -0.2) is 130 Å². The van der Waals surface area contributed by atoms with Crippen LogP contribution in [0.2, 0.25) is 0 Å². The average molecular weight is 621 g/mol. The van der Waals surface area contributed by atoms with E-state index in [4.69, 9.17) is 28.4 Å². The van der Waals surface area contributed by atoms with Gasteiger partial charge in [-0.1, -0.05) is 39.0 Å². The first-order valence-corrected chi connectivity index (χ1v) is 15.8. The summed E-state index contributed by atoms with van der Waals surface area (Å²) in [5.74, 6) is -0.821. The van der Waals surface area contributed by atoms with Crippen LogP contribution in [0.3, 0.4) is 0 Å². The van der Waals surface area contributed by atoms with Crippen molar-refractivity contribution in [3.63, 3.8) is 0 Å². The molecule has 0 aromatic carbocycles. The quantitative estimate of drug-likeness (QED) is 0.179. The molecule has 4 fully saturated rings. The third-order valence-electron chi connectivity index (χ3n) is 9.64. The smallest absolute Gasteiger partial charge is 0.308 e. The van der Waals surface area contributed by atoms with E-state index < -0.39 is 92.1 Å². The number of aliphatic hydroxyl groups excluding tert-OH is 6. The average Bonchev–Trinajstić information content (AvgIpc) is 2.99. The molecule has 14 unspecified atom stereocenters. The summed E-state index contributed by atoms with van der Waals surface area (Å²) in [5.41, 5.74) is 0. The molecule has 0 spiro atoms. The van der Waals surface area contributed by atoms with E-state index in [-0.39, 0.29) is 18.4 Å². The van der Waals surface area contributed by atoms with Gasteiger partial charge in [-0.05, 0) is 44.9 Å². The Morgan fingerprint density at radius 3 is 2.16 bits per heavy atom. The first-order valence-electron chi connectivity index (χ1n) is 15.8. The molecule has 0 aromatic heterocycles. The Balaban J connectivity index is 1.51. The van der Waals surface area contributed by atoms with Crippen LogP contribution in [0, 0.1) is 17.8 Å². The van der Waals surface area contributed by atoms with E-state index in [1.165, 1.54) is 26.4 Å². The van der Waals surface area contributed by atoms with E-state index in [1.54, 1.807) is 6.92 Å². The molecule has 13 heteroatoms. The molecule has 2 heterocycles. The molecule has 13 nitrogen and oxygen atoms in total. The number of rotatable bonds is 10. The second-order valence-corrected chi connectivity index (χ2v) is 13.0. The maximum absolute atomic E-state index is 12.6. The Morgan fingerprint density at radius 2 is 1.51 bits per heavy atom. The van der Waals surface area contributed by atoms with Gasteiger partial charge in [0.2, 0.25) is 0 Å². The van der Waals surface area contributed by atoms with Crippen LogP contribution < -0.4 is 0 Å². The molecule has 15 atom stereocenters. The third kappa shape index (κ3) is 8.25. The van der Waals surface area contributed by atoms with Crippen molar-refractivity contribution in [3.05, 3.63) is 0 Å². The van der Waals surface area contributed by atoms with Gasteiger partial charge in [-0.2, -0.15) is 0 Å². The molecule has 0 amide bonds. The molecule has 6 N–H and O–H groups in total. The molecule has 250 valence electrons. The first kappa shape index (κ1) is 34.9. The van der Waals surface area contributed by atoms with Gasteiger partial charge >= 0.3 is 5.97 Å². The van der Waals surface area contributed by atoms with Crippen LogP contribution in [0.15, 0.2) is 0 Å². The summed E-state index contributed by atoms with van der Waals surface area (Å²) in [7, 11) is 1.30. The number of ether oxygens (including phenoxy) is 6. The number of carbonyl (C=O) groups excluding carboxylic acids is 1. The summed E-state index contributed by atoms with van der Waals surface area (Å²) in [6.45, 7) is 4.74. The summed E-state index contributed by atoms with van der Waals surface area (Å²) >= 11 is 0. The normalized spacial score (nSPS) is 45.4. The summed E-state index contributed by atoms with van der Waals surface area (Å²) in [6.07, 6.45) is -7.64. The number of aliphatic hydroxyl groups is 6. The minimum atomic E-state index is -1.55. The maximum Gasteiger partial charge on any atom is 0.308 e. The number of carbonyl (C=O) groups is 1. The highest BCUT2D eigenvalue weighted by Crippen LogP contribution is 2.38. The van der Waals surface area contributed by atoms with Gasteiger partial charge in [0.25, 0.3) is 0 Å². The van der Waals surface area contributed by atoms with Gasteiger partial charge in [-0.15, -0.1) is 0 Å². The van der Waals surface area contributed by atoms with Crippen molar-refractivity contribution in [3.8, 4) is 0 Å². The maximum atomic E-state index is 12.6. The van der Waals surface area contributed by atoms with Crippen LogP contribution in [0.4, 0.5) is 0 Å². The summed E-state index contributed by atoms with van der Waals surface area (Å²) < 4.78 is 35.1. The van der Waals surface area contributed by atoms with Crippen LogP contribution in [0.25, 0.3) is 0 Å². The number of methoxy groups -OCH3 is 1. The molecule has 2 aliphatic heterocycles. The van der Waals surface area contributed by atoms with Crippen molar-refractivity contribution in [2.45, 2.75) is 152 Å². The molecule has 0 radical (unpaired) electrons. The zero-order valence-corrected chi connectivity index (χ0v) is 25.6. The number of esters is 1. The van der Waals surface area contributed by atoms with Crippen LogP contribution in [0.5, 0.6) is 0 Å². The largest absolute Gasteiger partial charge is 0.469 e. The lowest BCUT2D eigenvalue weighted by Gasteiger charge is -2.47. The minimum absolute atomic E-state index is 0.119. The van der Waals surface area contributed by atoms with E-state index in [0.29, 0.717) is 12.3 Å². The van der Waals surface area contributed by atoms with Crippen molar-refractivity contribution >= 4 is 5.97 Å². The summed E-state index contributed by atoms with van der Waals surface area (Å²) in [6, 6.07) is 0. The van der Waals surface area contributed by atoms with E-state index in [0.717, 1.165) is 19.3 Å². The van der Waals surface area contributed by atoms with Crippen LogP contribution in [0.1, 0.15) is 72.1 Å². The Kier molecular flexibility index (Phi) is 12.6. The molecule has 0 bridgehead atoms. The Labute approximate surface area is 253 Å². The van der Waals surface area contributed by atoms with Crippen molar-refractivity contribution in [2.75, 3.05) is 13.7 Å². The van der Waals surface area contributed by atoms with Gasteiger partial charge in [0, 0.05) is 0 Å². The predicted octanol–water partition coefficient (Wildman–Crippen LogP) is -0.0135. The minimum Gasteiger partial charge on any atom is -0.469 e.